The highest BCUT2D eigenvalue weighted by Crippen LogP contribution is 2.32. The quantitative estimate of drug-likeness (QED) is 0.787. The van der Waals surface area contributed by atoms with Gasteiger partial charge in [-0.3, -0.25) is 10.1 Å². The molecule has 4 nitrogen and oxygen atoms in total. The van der Waals surface area contributed by atoms with Gasteiger partial charge >= 0.3 is 0 Å². The molecular weight excluding hydrogens is 272 g/mol. The Kier molecular flexibility index (Phi) is 3.28. The molecule has 2 unspecified atom stereocenters. The molecule has 1 aromatic rings. The average Bonchev–Trinajstić information content (AvgIpc) is 2.51. The highest BCUT2D eigenvalue weighted by Gasteiger charge is 2.30. The van der Waals surface area contributed by atoms with Gasteiger partial charge in [0.1, 0.15) is 6.04 Å². The van der Waals surface area contributed by atoms with E-state index < -0.39 is 6.10 Å². The van der Waals surface area contributed by atoms with Crippen LogP contribution < -0.4 is 10.6 Å². The molecule has 0 saturated carbocycles. The minimum absolute atomic E-state index is 0.0752. The third-order valence-corrected chi connectivity index (χ3v) is 2.96. The minimum atomic E-state index is -0.469. The van der Waals surface area contributed by atoms with Crippen LogP contribution in [-0.2, 0) is 4.79 Å². The predicted octanol–water partition coefficient (Wildman–Crippen LogP) is 1.41. The fourth-order valence-corrected chi connectivity index (χ4v) is 2.10. The zero-order valence-corrected chi connectivity index (χ0v) is 10.4. The van der Waals surface area contributed by atoms with Crippen LogP contribution in [0, 0.1) is 0 Å². The fourth-order valence-electron chi connectivity index (χ4n) is 1.72. The molecule has 0 aromatic heterocycles. The van der Waals surface area contributed by atoms with Gasteiger partial charge in [-0.25, -0.2) is 0 Å². The van der Waals surface area contributed by atoms with E-state index in [1.54, 1.807) is 6.92 Å². The van der Waals surface area contributed by atoms with Gasteiger partial charge in [-0.05, 0) is 25.1 Å². The number of aliphatic hydroxyl groups excluding tert-OH is 1. The standard InChI is InChI=1S/C11H13BrN2O2/c1-6(15)5-13-10-8-4-7(12)2-3-9(8)14-11(10)16/h2-4,6,10,13,15H,5H2,1H3,(H,14,16). The molecule has 0 spiro atoms. The number of carbonyl (C=O) groups excluding carboxylic acids is 1. The van der Waals surface area contributed by atoms with E-state index in [0.717, 1.165) is 15.7 Å². The molecule has 2 rings (SSSR count). The molecule has 2 atom stereocenters. The molecule has 0 bridgehead atoms. The normalized spacial score (nSPS) is 20.4. The summed E-state index contributed by atoms with van der Waals surface area (Å²) in [5.74, 6) is -0.0752. The van der Waals surface area contributed by atoms with Crippen LogP contribution in [0.3, 0.4) is 0 Å². The van der Waals surface area contributed by atoms with Crippen LogP contribution in [0.1, 0.15) is 18.5 Å². The maximum absolute atomic E-state index is 11.7. The Morgan fingerprint density at radius 2 is 2.38 bits per heavy atom. The van der Waals surface area contributed by atoms with Crippen molar-refractivity contribution in [3.8, 4) is 0 Å². The Labute approximate surface area is 102 Å². The SMILES string of the molecule is CC(O)CNC1C(=O)Nc2ccc(Br)cc21. The smallest absolute Gasteiger partial charge is 0.246 e. The van der Waals surface area contributed by atoms with E-state index in [1.165, 1.54) is 0 Å². The number of halogens is 1. The van der Waals surface area contributed by atoms with Crippen LogP contribution >= 0.6 is 15.9 Å². The van der Waals surface area contributed by atoms with Crippen molar-refractivity contribution in [3.05, 3.63) is 28.2 Å². The number of hydrogen-bond acceptors (Lipinski definition) is 3. The second-order valence-corrected chi connectivity index (χ2v) is 4.83. The summed E-state index contributed by atoms with van der Waals surface area (Å²) in [7, 11) is 0. The Morgan fingerprint density at radius 3 is 3.06 bits per heavy atom. The minimum Gasteiger partial charge on any atom is -0.392 e. The lowest BCUT2D eigenvalue weighted by molar-refractivity contribution is -0.117. The third kappa shape index (κ3) is 2.26. The van der Waals surface area contributed by atoms with Gasteiger partial charge in [0.05, 0.1) is 6.10 Å². The van der Waals surface area contributed by atoms with Crippen LogP contribution in [0.5, 0.6) is 0 Å². The molecule has 1 aromatic carbocycles. The molecule has 1 heterocycles. The van der Waals surface area contributed by atoms with Crippen LogP contribution in [0.25, 0.3) is 0 Å². The van der Waals surface area contributed by atoms with Crippen LogP contribution in [-0.4, -0.2) is 23.7 Å². The molecule has 16 heavy (non-hydrogen) atoms. The summed E-state index contributed by atoms with van der Waals surface area (Å²) in [4.78, 5) is 11.7. The molecule has 0 radical (unpaired) electrons. The fraction of sp³-hybridized carbons (Fsp3) is 0.364. The summed E-state index contributed by atoms with van der Waals surface area (Å²) >= 11 is 3.38. The van der Waals surface area contributed by atoms with Crippen molar-refractivity contribution in [1.82, 2.24) is 5.32 Å². The van der Waals surface area contributed by atoms with Crippen LogP contribution in [0.15, 0.2) is 22.7 Å². The summed E-state index contributed by atoms with van der Waals surface area (Å²) in [6, 6.07) is 5.28. The highest BCUT2D eigenvalue weighted by atomic mass is 79.9. The Bertz CT molecular complexity index is 420. The third-order valence-electron chi connectivity index (χ3n) is 2.46. The van der Waals surface area contributed by atoms with Gasteiger partial charge in [0.15, 0.2) is 0 Å². The number of fused-ring (bicyclic) bond motifs is 1. The van der Waals surface area contributed by atoms with Gasteiger partial charge < -0.3 is 10.4 Å². The Hall–Kier alpha value is -0.910. The maximum atomic E-state index is 11.7. The number of amides is 1. The van der Waals surface area contributed by atoms with Crippen molar-refractivity contribution in [3.63, 3.8) is 0 Å². The first-order valence-electron chi connectivity index (χ1n) is 5.09. The molecule has 1 aliphatic rings. The first kappa shape index (κ1) is 11.6. The molecule has 0 fully saturated rings. The monoisotopic (exact) mass is 284 g/mol. The maximum Gasteiger partial charge on any atom is 0.246 e. The van der Waals surface area contributed by atoms with Gasteiger partial charge in [0.25, 0.3) is 0 Å². The van der Waals surface area contributed by atoms with E-state index in [1.807, 2.05) is 18.2 Å². The Balaban J connectivity index is 2.21. The second-order valence-electron chi connectivity index (χ2n) is 3.91. The topological polar surface area (TPSA) is 61.4 Å². The number of rotatable bonds is 3. The Morgan fingerprint density at radius 1 is 1.62 bits per heavy atom. The van der Waals surface area contributed by atoms with Crippen molar-refractivity contribution >= 4 is 27.5 Å². The number of nitrogens with one attached hydrogen (secondary N) is 2. The average molecular weight is 285 g/mol. The molecule has 3 N–H and O–H groups in total. The lowest BCUT2D eigenvalue weighted by Gasteiger charge is -2.12. The van der Waals surface area contributed by atoms with Gasteiger partial charge in [0.2, 0.25) is 5.91 Å². The van der Waals surface area contributed by atoms with Crippen molar-refractivity contribution in [1.29, 1.82) is 0 Å². The van der Waals surface area contributed by atoms with E-state index in [4.69, 9.17) is 0 Å². The molecule has 0 saturated heterocycles. The molecule has 86 valence electrons. The van der Waals surface area contributed by atoms with E-state index in [2.05, 4.69) is 26.6 Å². The lowest BCUT2D eigenvalue weighted by Crippen LogP contribution is -2.32. The molecule has 0 aliphatic carbocycles. The largest absolute Gasteiger partial charge is 0.392 e. The summed E-state index contributed by atoms with van der Waals surface area (Å²) < 4.78 is 0.937. The molecule has 1 aliphatic heterocycles. The van der Waals surface area contributed by atoms with Gasteiger partial charge in [-0.1, -0.05) is 15.9 Å². The number of hydrogen-bond donors (Lipinski definition) is 3. The van der Waals surface area contributed by atoms with Crippen molar-refractivity contribution in [2.24, 2.45) is 0 Å². The summed E-state index contributed by atoms with van der Waals surface area (Å²) in [6.45, 7) is 2.08. The van der Waals surface area contributed by atoms with E-state index in [-0.39, 0.29) is 11.9 Å². The van der Waals surface area contributed by atoms with Crippen LogP contribution in [0.4, 0.5) is 5.69 Å². The van der Waals surface area contributed by atoms with Crippen molar-refractivity contribution < 1.29 is 9.90 Å². The van der Waals surface area contributed by atoms with Gasteiger partial charge in [-0.2, -0.15) is 0 Å². The second kappa shape index (κ2) is 4.53. The number of aliphatic hydroxyl groups is 1. The summed E-state index contributed by atoms with van der Waals surface area (Å²) in [5.41, 5.74) is 1.75. The van der Waals surface area contributed by atoms with E-state index in [0.29, 0.717) is 6.54 Å². The molecule has 1 amide bonds. The zero-order valence-electron chi connectivity index (χ0n) is 8.83. The summed E-state index contributed by atoms with van der Waals surface area (Å²) in [5, 5.41) is 15.0. The predicted molar refractivity (Wildman–Crippen MR) is 65.2 cm³/mol. The van der Waals surface area contributed by atoms with Crippen LogP contribution in [0.2, 0.25) is 0 Å². The number of benzene rings is 1. The first-order chi connectivity index (χ1) is 7.58. The first-order valence-corrected chi connectivity index (χ1v) is 5.89. The van der Waals surface area contributed by atoms with E-state index >= 15 is 0 Å². The zero-order chi connectivity index (χ0) is 11.7. The molecular formula is C11H13BrN2O2. The number of anilines is 1. The van der Waals surface area contributed by atoms with Crippen molar-refractivity contribution in [2.75, 3.05) is 11.9 Å². The highest BCUT2D eigenvalue weighted by molar-refractivity contribution is 9.10. The lowest BCUT2D eigenvalue weighted by atomic mass is 10.1. The van der Waals surface area contributed by atoms with Crippen molar-refractivity contribution in [2.45, 2.75) is 19.1 Å². The molecule has 5 heteroatoms. The van der Waals surface area contributed by atoms with E-state index in [9.17, 15) is 9.90 Å². The van der Waals surface area contributed by atoms with Gasteiger partial charge in [-0.15, -0.1) is 0 Å². The number of carbonyl (C=O) groups is 1. The summed E-state index contributed by atoms with van der Waals surface area (Å²) in [6.07, 6.45) is -0.469. The van der Waals surface area contributed by atoms with Gasteiger partial charge in [0, 0.05) is 22.3 Å².